The highest BCUT2D eigenvalue weighted by Gasteiger charge is 2.39. The number of amides is 1. The van der Waals surface area contributed by atoms with Crippen molar-refractivity contribution in [3.05, 3.63) is 18.2 Å². The Hall–Kier alpha value is -2.48. The highest BCUT2D eigenvalue weighted by molar-refractivity contribution is 5.70. The van der Waals surface area contributed by atoms with Crippen LogP contribution in [0.25, 0.3) is 0 Å². The zero-order valence-corrected chi connectivity index (χ0v) is 21.7. The molecule has 0 bridgehead atoms. The molecule has 0 spiro atoms. The summed E-state index contributed by atoms with van der Waals surface area (Å²) in [5, 5.41) is 0. The zero-order valence-electron chi connectivity index (χ0n) is 21.7. The van der Waals surface area contributed by atoms with E-state index in [0.29, 0.717) is 50.0 Å². The maximum atomic E-state index is 12.5. The Kier molecular flexibility index (Phi) is 10.5. The van der Waals surface area contributed by atoms with Gasteiger partial charge in [0.05, 0.1) is 13.7 Å². The zero-order chi connectivity index (χ0) is 25.3. The number of likely N-dealkylation sites (tertiary alicyclic amines) is 1. The molecule has 1 aliphatic rings. The van der Waals surface area contributed by atoms with Crippen molar-refractivity contribution in [2.75, 3.05) is 40.5 Å². The van der Waals surface area contributed by atoms with Crippen LogP contribution in [0.3, 0.4) is 0 Å². The molecule has 34 heavy (non-hydrogen) atoms. The van der Waals surface area contributed by atoms with Crippen LogP contribution in [-0.4, -0.2) is 69.5 Å². The molecule has 0 saturated carbocycles. The summed E-state index contributed by atoms with van der Waals surface area (Å²) < 4.78 is 28.2. The van der Waals surface area contributed by atoms with Crippen molar-refractivity contribution in [1.29, 1.82) is 0 Å². The lowest BCUT2D eigenvalue weighted by Crippen LogP contribution is -2.36. The van der Waals surface area contributed by atoms with E-state index in [1.165, 1.54) is 0 Å². The average molecular weight is 480 g/mol. The first-order chi connectivity index (χ1) is 16.1. The molecule has 1 aromatic rings. The number of benzene rings is 1. The lowest BCUT2D eigenvalue weighted by atomic mass is 9.88. The summed E-state index contributed by atoms with van der Waals surface area (Å²) in [6.07, 6.45) is 1.85. The van der Waals surface area contributed by atoms with Gasteiger partial charge in [-0.1, -0.05) is 13.8 Å². The molecular formula is C26H41NO7. The van der Waals surface area contributed by atoms with Gasteiger partial charge in [0, 0.05) is 45.2 Å². The summed E-state index contributed by atoms with van der Waals surface area (Å²) in [7, 11) is 3.26. The van der Waals surface area contributed by atoms with Gasteiger partial charge in [-0.05, 0) is 51.2 Å². The molecule has 1 fully saturated rings. The average Bonchev–Trinajstić information content (AvgIpc) is 3.18. The van der Waals surface area contributed by atoms with Gasteiger partial charge in [0.2, 0.25) is 0 Å². The molecule has 8 heteroatoms. The van der Waals surface area contributed by atoms with Crippen LogP contribution in [0.15, 0.2) is 18.2 Å². The van der Waals surface area contributed by atoms with Crippen LogP contribution < -0.4 is 14.2 Å². The number of hydrogen-bond acceptors (Lipinski definition) is 7. The molecule has 192 valence electrons. The van der Waals surface area contributed by atoms with E-state index in [9.17, 15) is 9.59 Å². The van der Waals surface area contributed by atoms with E-state index in [0.717, 1.165) is 12.7 Å². The second-order valence-corrected chi connectivity index (χ2v) is 10.1. The summed E-state index contributed by atoms with van der Waals surface area (Å²) in [5.74, 6) is 1.88. The molecule has 0 aliphatic carbocycles. The fraction of sp³-hybridized carbons (Fsp3) is 0.692. The number of nitrogens with zero attached hydrogens (tertiary/aromatic N) is 1. The largest absolute Gasteiger partial charge is 0.493 e. The fourth-order valence-corrected chi connectivity index (χ4v) is 3.93. The van der Waals surface area contributed by atoms with Gasteiger partial charge in [-0.15, -0.1) is 0 Å². The van der Waals surface area contributed by atoms with Crippen LogP contribution in [0, 0.1) is 17.8 Å². The predicted molar refractivity (Wildman–Crippen MR) is 130 cm³/mol. The summed E-state index contributed by atoms with van der Waals surface area (Å²) in [5.41, 5.74) is -0.576. The summed E-state index contributed by atoms with van der Waals surface area (Å²) in [4.78, 5) is 25.9. The molecule has 0 N–H and O–H groups in total. The van der Waals surface area contributed by atoms with Crippen LogP contribution in [0.2, 0.25) is 0 Å². The third-order valence-corrected chi connectivity index (χ3v) is 5.77. The Bertz CT molecular complexity index is 790. The molecular weight excluding hydrogens is 438 g/mol. The summed E-state index contributed by atoms with van der Waals surface area (Å²) in [6.45, 7) is 11.7. The number of aldehydes is 1. The third kappa shape index (κ3) is 8.38. The highest BCUT2D eigenvalue weighted by Crippen LogP contribution is 2.35. The van der Waals surface area contributed by atoms with Gasteiger partial charge < -0.3 is 33.4 Å². The van der Waals surface area contributed by atoms with E-state index < -0.39 is 5.60 Å². The second-order valence-electron chi connectivity index (χ2n) is 10.1. The molecule has 1 aliphatic heterocycles. The van der Waals surface area contributed by atoms with E-state index in [2.05, 4.69) is 13.8 Å². The van der Waals surface area contributed by atoms with Crippen molar-refractivity contribution in [2.45, 2.75) is 59.2 Å². The van der Waals surface area contributed by atoms with Crippen LogP contribution in [0.1, 0.15) is 47.5 Å². The van der Waals surface area contributed by atoms with Gasteiger partial charge in [0.15, 0.2) is 11.5 Å². The van der Waals surface area contributed by atoms with E-state index in [1.54, 1.807) is 19.1 Å². The third-order valence-electron chi connectivity index (χ3n) is 5.77. The smallest absolute Gasteiger partial charge is 0.410 e. The number of rotatable bonds is 12. The molecule has 8 nitrogen and oxygen atoms in total. The van der Waals surface area contributed by atoms with Crippen LogP contribution in [-0.2, 0) is 14.3 Å². The van der Waals surface area contributed by atoms with Crippen molar-refractivity contribution >= 4 is 12.4 Å². The summed E-state index contributed by atoms with van der Waals surface area (Å²) in [6, 6.07) is 5.52. The Balaban J connectivity index is 2.08. The number of carbonyl (C=O) groups is 2. The minimum absolute atomic E-state index is 0.000399. The van der Waals surface area contributed by atoms with Crippen LogP contribution >= 0.6 is 0 Å². The lowest BCUT2D eigenvalue weighted by Gasteiger charge is -2.27. The molecule has 0 radical (unpaired) electrons. The van der Waals surface area contributed by atoms with Crippen molar-refractivity contribution in [2.24, 2.45) is 17.8 Å². The van der Waals surface area contributed by atoms with Crippen molar-refractivity contribution in [1.82, 2.24) is 4.90 Å². The normalized spacial score (nSPS) is 19.1. The maximum absolute atomic E-state index is 12.5. The van der Waals surface area contributed by atoms with E-state index >= 15 is 0 Å². The Labute approximate surface area is 203 Å². The highest BCUT2D eigenvalue weighted by atomic mass is 16.6. The lowest BCUT2D eigenvalue weighted by molar-refractivity contribution is -0.111. The fourth-order valence-electron chi connectivity index (χ4n) is 3.93. The molecule has 3 atom stereocenters. The van der Waals surface area contributed by atoms with E-state index in [4.69, 9.17) is 23.7 Å². The first-order valence-corrected chi connectivity index (χ1v) is 12.0. The number of hydrogen-bond donors (Lipinski definition) is 0. The molecule has 0 aromatic heterocycles. The van der Waals surface area contributed by atoms with Crippen molar-refractivity contribution < 1.29 is 33.3 Å². The Morgan fingerprint density at radius 1 is 1.15 bits per heavy atom. The van der Waals surface area contributed by atoms with Gasteiger partial charge in [-0.3, -0.25) is 0 Å². The topological polar surface area (TPSA) is 83.5 Å². The van der Waals surface area contributed by atoms with Crippen molar-refractivity contribution in [3.63, 3.8) is 0 Å². The standard InChI is InChI=1S/C26H41NO7/c1-18(2)23(13-19-15-27(16-20(19)17-28)25(29)34-26(3,4)5)33-21-9-10-22(31-7)24(14-21)32-12-8-11-30-6/h9-10,14,17-20,23H,8,11-13,15-16H2,1-7H3/t19-,20+,23?/m1/s1. The maximum Gasteiger partial charge on any atom is 0.410 e. The van der Waals surface area contributed by atoms with Crippen molar-refractivity contribution in [3.8, 4) is 17.2 Å². The minimum atomic E-state index is -0.576. The molecule has 1 heterocycles. The van der Waals surface area contributed by atoms with Gasteiger partial charge in [0.25, 0.3) is 0 Å². The van der Waals surface area contributed by atoms with Crippen LogP contribution in [0.4, 0.5) is 4.79 Å². The first-order valence-electron chi connectivity index (χ1n) is 12.0. The van der Waals surface area contributed by atoms with Gasteiger partial charge in [-0.25, -0.2) is 4.79 Å². The number of methoxy groups -OCH3 is 2. The Morgan fingerprint density at radius 2 is 1.88 bits per heavy atom. The molecule has 1 saturated heterocycles. The van der Waals surface area contributed by atoms with Crippen LogP contribution in [0.5, 0.6) is 17.2 Å². The number of ether oxygens (including phenoxy) is 5. The van der Waals surface area contributed by atoms with Gasteiger partial charge >= 0.3 is 6.09 Å². The summed E-state index contributed by atoms with van der Waals surface area (Å²) >= 11 is 0. The second kappa shape index (κ2) is 12.8. The Morgan fingerprint density at radius 3 is 2.47 bits per heavy atom. The predicted octanol–water partition coefficient (Wildman–Crippen LogP) is 4.59. The van der Waals surface area contributed by atoms with Gasteiger partial charge in [0.1, 0.15) is 23.7 Å². The SMILES string of the molecule is COCCCOc1cc(OC(C[C@@H]2CN(C(=O)OC(C)(C)C)C[C@H]2C=O)C(C)C)ccc1OC. The first kappa shape index (κ1) is 27.8. The van der Waals surface area contributed by atoms with E-state index in [1.807, 2.05) is 39.0 Å². The van der Waals surface area contributed by atoms with E-state index in [-0.39, 0.29) is 30.0 Å². The monoisotopic (exact) mass is 479 g/mol. The molecule has 1 amide bonds. The molecule has 1 aromatic carbocycles. The minimum Gasteiger partial charge on any atom is -0.493 e. The molecule has 1 unspecified atom stereocenters. The quantitative estimate of drug-likeness (QED) is 0.320. The van der Waals surface area contributed by atoms with Gasteiger partial charge in [-0.2, -0.15) is 0 Å². The number of carbonyl (C=O) groups excluding carboxylic acids is 2. The molecule has 2 rings (SSSR count).